The number of thioether (sulfide) groups is 1. The van der Waals surface area contributed by atoms with Crippen molar-refractivity contribution in [3.63, 3.8) is 0 Å². The Balaban J connectivity index is 1.92. The summed E-state index contributed by atoms with van der Waals surface area (Å²) in [5.41, 5.74) is 2.48. The van der Waals surface area contributed by atoms with E-state index in [0.717, 1.165) is 16.7 Å². The molecule has 33 heavy (non-hydrogen) atoms. The molecule has 0 radical (unpaired) electrons. The van der Waals surface area contributed by atoms with E-state index in [1.165, 1.54) is 23.9 Å². The Morgan fingerprint density at radius 1 is 1.21 bits per heavy atom. The van der Waals surface area contributed by atoms with E-state index in [0.29, 0.717) is 40.3 Å². The molecule has 0 aromatic heterocycles. The molecule has 1 aliphatic heterocycles. The topological polar surface area (TPSA) is 81.9 Å². The highest BCUT2D eigenvalue weighted by atomic mass is 32.2. The van der Waals surface area contributed by atoms with Gasteiger partial charge in [0.05, 0.1) is 16.4 Å². The summed E-state index contributed by atoms with van der Waals surface area (Å²) in [4.78, 5) is 25.2. The molecule has 0 aliphatic carbocycles. The van der Waals surface area contributed by atoms with Crippen LogP contribution in [-0.4, -0.2) is 33.2 Å². The van der Waals surface area contributed by atoms with Crippen LogP contribution in [0.15, 0.2) is 54.0 Å². The standard InChI is InChI=1S/C24H24N2O5S2/c1-4-7-18-12-17(14-21-23(27)25(5-2)24(32)33-21)13-20(30-6-3)22(18)31-15-16-8-10-19(11-9-16)26(28)29/h4,8-14H,1,5-7,15H2,2-3H3. The summed E-state index contributed by atoms with van der Waals surface area (Å²) in [6, 6.07) is 9.99. The molecule has 1 fully saturated rings. The first-order valence-corrected chi connectivity index (χ1v) is 11.6. The third-order valence-corrected chi connectivity index (χ3v) is 6.21. The summed E-state index contributed by atoms with van der Waals surface area (Å²) in [5.74, 6) is 1.03. The molecule has 0 atom stereocenters. The number of nitro benzene ring substituents is 1. The normalized spacial score (nSPS) is 14.6. The Hall–Kier alpha value is -3.17. The number of rotatable bonds is 10. The highest BCUT2D eigenvalue weighted by Gasteiger charge is 2.30. The average Bonchev–Trinajstić information content (AvgIpc) is 3.06. The number of non-ortho nitro benzene ring substituents is 1. The second-order valence-corrected chi connectivity index (χ2v) is 8.75. The minimum atomic E-state index is -0.437. The number of benzene rings is 2. The van der Waals surface area contributed by atoms with Crippen molar-refractivity contribution >= 4 is 46.0 Å². The van der Waals surface area contributed by atoms with Crippen molar-refractivity contribution in [3.05, 3.63) is 80.8 Å². The summed E-state index contributed by atoms with van der Waals surface area (Å²) >= 11 is 6.58. The average molecular weight is 485 g/mol. The van der Waals surface area contributed by atoms with Crippen LogP contribution >= 0.6 is 24.0 Å². The van der Waals surface area contributed by atoms with Gasteiger partial charge in [0.15, 0.2) is 11.5 Å². The maximum absolute atomic E-state index is 12.6. The third kappa shape index (κ3) is 5.80. The van der Waals surface area contributed by atoms with Gasteiger partial charge in [0.2, 0.25) is 0 Å². The lowest BCUT2D eigenvalue weighted by atomic mass is 10.0. The number of ether oxygens (including phenoxy) is 2. The maximum Gasteiger partial charge on any atom is 0.269 e. The van der Waals surface area contributed by atoms with Gasteiger partial charge >= 0.3 is 0 Å². The number of hydrogen-bond donors (Lipinski definition) is 0. The number of likely N-dealkylation sites (N-methyl/N-ethyl adjacent to an activating group) is 1. The first-order chi connectivity index (χ1) is 15.9. The number of hydrogen-bond acceptors (Lipinski definition) is 7. The molecule has 9 heteroatoms. The number of thiocarbonyl (C=S) groups is 1. The van der Waals surface area contributed by atoms with E-state index in [2.05, 4.69) is 6.58 Å². The predicted octanol–water partition coefficient (Wildman–Crippen LogP) is 5.52. The SMILES string of the molecule is C=CCc1cc(C=C2SC(=S)N(CC)C2=O)cc(OCC)c1OCc1ccc([N+](=O)[O-])cc1. The van der Waals surface area contributed by atoms with Gasteiger partial charge in [0.25, 0.3) is 11.6 Å². The van der Waals surface area contributed by atoms with Gasteiger partial charge in [-0.25, -0.2) is 0 Å². The van der Waals surface area contributed by atoms with Crippen LogP contribution in [0.25, 0.3) is 6.08 Å². The van der Waals surface area contributed by atoms with Crippen LogP contribution in [0.1, 0.15) is 30.5 Å². The van der Waals surface area contributed by atoms with Crippen LogP contribution in [0, 0.1) is 10.1 Å². The molecule has 0 N–H and O–H groups in total. The van der Waals surface area contributed by atoms with E-state index in [4.69, 9.17) is 21.7 Å². The fourth-order valence-electron chi connectivity index (χ4n) is 3.29. The van der Waals surface area contributed by atoms with Crippen molar-refractivity contribution < 1.29 is 19.2 Å². The largest absolute Gasteiger partial charge is 0.490 e. The number of carbonyl (C=O) groups excluding carboxylic acids is 1. The van der Waals surface area contributed by atoms with E-state index in [1.807, 2.05) is 32.1 Å². The Morgan fingerprint density at radius 2 is 1.94 bits per heavy atom. The molecule has 0 saturated carbocycles. The van der Waals surface area contributed by atoms with Gasteiger partial charge in [-0.1, -0.05) is 30.1 Å². The van der Waals surface area contributed by atoms with Crippen LogP contribution < -0.4 is 9.47 Å². The Kier molecular flexibility index (Phi) is 8.24. The molecule has 1 amide bonds. The zero-order valence-corrected chi connectivity index (χ0v) is 20.0. The van der Waals surface area contributed by atoms with Gasteiger partial charge in [0.1, 0.15) is 10.9 Å². The molecular weight excluding hydrogens is 460 g/mol. The molecule has 0 spiro atoms. The molecule has 1 saturated heterocycles. The molecule has 0 bridgehead atoms. The highest BCUT2D eigenvalue weighted by molar-refractivity contribution is 8.26. The lowest BCUT2D eigenvalue weighted by Crippen LogP contribution is -2.27. The lowest BCUT2D eigenvalue weighted by Gasteiger charge is -2.17. The minimum Gasteiger partial charge on any atom is -0.490 e. The van der Waals surface area contributed by atoms with Gasteiger partial charge in [-0.05, 0) is 61.7 Å². The number of nitrogens with zero attached hydrogens (tertiary/aromatic N) is 2. The number of allylic oxidation sites excluding steroid dienone is 1. The number of amides is 1. The van der Waals surface area contributed by atoms with Crippen molar-refractivity contribution in [3.8, 4) is 11.5 Å². The second kappa shape index (κ2) is 11.1. The molecule has 7 nitrogen and oxygen atoms in total. The van der Waals surface area contributed by atoms with E-state index in [-0.39, 0.29) is 18.2 Å². The summed E-state index contributed by atoms with van der Waals surface area (Å²) in [6.07, 6.45) is 4.11. The van der Waals surface area contributed by atoms with E-state index in [9.17, 15) is 14.9 Å². The fraction of sp³-hybridized carbons (Fsp3) is 0.250. The van der Waals surface area contributed by atoms with Crippen LogP contribution in [0.3, 0.4) is 0 Å². The number of nitro groups is 1. The van der Waals surface area contributed by atoms with Crippen molar-refractivity contribution in [2.24, 2.45) is 0 Å². The highest BCUT2D eigenvalue weighted by Crippen LogP contribution is 2.37. The molecule has 172 valence electrons. The monoisotopic (exact) mass is 484 g/mol. The van der Waals surface area contributed by atoms with Crippen molar-refractivity contribution in [1.82, 2.24) is 4.90 Å². The predicted molar refractivity (Wildman–Crippen MR) is 134 cm³/mol. The summed E-state index contributed by atoms with van der Waals surface area (Å²) < 4.78 is 12.5. The van der Waals surface area contributed by atoms with Crippen LogP contribution in [0.5, 0.6) is 11.5 Å². The van der Waals surface area contributed by atoms with E-state index >= 15 is 0 Å². The first-order valence-electron chi connectivity index (χ1n) is 10.4. The fourth-order valence-corrected chi connectivity index (χ4v) is 4.68. The summed E-state index contributed by atoms with van der Waals surface area (Å²) in [5, 5.41) is 10.9. The Morgan fingerprint density at radius 3 is 2.52 bits per heavy atom. The van der Waals surface area contributed by atoms with Crippen LogP contribution in [-0.2, 0) is 17.8 Å². The zero-order valence-electron chi connectivity index (χ0n) is 18.4. The number of carbonyl (C=O) groups is 1. The Labute approximate surface area is 202 Å². The van der Waals surface area contributed by atoms with Crippen molar-refractivity contribution in [2.45, 2.75) is 26.9 Å². The maximum atomic E-state index is 12.6. The van der Waals surface area contributed by atoms with Gasteiger partial charge in [0, 0.05) is 24.2 Å². The van der Waals surface area contributed by atoms with E-state index in [1.54, 1.807) is 23.1 Å². The zero-order chi connectivity index (χ0) is 24.0. The first kappa shape index (κ1) is 24.5. The van der Waals surface area contributed by atoms with Crippen molar-refractivity contribution in [2.75, 3.05) is 13.2 Å². The summed E-state index contributed by atoms with van der Waals surface area (Å²) in [6.45, 7) is 8.79. The van der Waals surface area contributed by atoms with Crippen LogP contribution in [0.4, 0.5) is 5.69 Å². The molecule has 3 rings (SSSR count). The third-order valence-electron chi connectivity index (χ3n) is 4.84. The molecule has 1 aliphatic rings. The molecule has 2 aromatic rings. The quantitative estimate of drug-likeness (QED) is 0.144. The van der Waals surface area contributed by atoms with Crippen LogP contribution in [0.2, 0.25) is 0 Å². The molecule has 1 heterocycles. The molecular formula is C24H24N2O5S2. The van der Waals surface area contributed by atoms with Gasteiger partial charge in [-0.15, -0.1) is 6.58 Å². The summed E-state index contributed by atoms with van der Waals surface area (Å²) in [7, 11) is 0. The van der Waals surface area contributed by atoms with E-state index < -0.39 is 4.92 Å². The van der Waals surface area contributed by atoms with Gasteiger partial charge < -0.3 is 9.47 Å². The minimum absolute atomic E-state index is 0.0268. The smallest absolute Gasteiger partial charge is 0.269 e. The van der Waals surface area contributed by atoms with Crippen molar-refractivity contribution in [1.29, 1.82) is 0 Å². The second-order valence-electron chi connectivity index (χ2n) is 7.07. The lowest BCUT2D eigenvalue weighted by molar-refractivity contribution is -0.384. The van der Waals surface area contributed by atoms with Gasteiger partial charge in [-0.2, -0.15) is 0 Å². The molecule has 0 unspecified atom stereocenters. The Bertz CT molecular complexity index is 1110. The van der Waals surface area contributed by atoms with Gasteiger partial charge in [-0.3, -0.25) is 19.8 Å². The molecule has 2 aromatic carbocycles.